The van der Waals surface area contributed by atoms with Gasteiger partial charge in [0, 0.05) is 47.6 Å². The van der Waals surface area contributed by atoms with Crippen LogP contribution in [0.5, 0.6) is 0 Å². The second-order valence-electron chi connectivity index (χ2n) is 7.47. The number of carbonyl (C=O) groups excluding carboxylic acids is 2. The number of nitro groups is 1. The van der Waals surface area contributed by atoms with Gasteiger partial charge in [0.2, 0.25) is 0 Å². The Labute approximate surface area is 197 Å². The van der Waals surface area contributed by atoms with Crippen LogP contribution in [0.2, 0.25) is 5.02 Å². The molecule has 2 aliphatic heterocycles. The molecule has 2 saturated heterocycles. The van der Waals surface area contributed by atoms with Crippen molar-refractivity contribution >= 4 is 56.8 Å². The summed E-state index contributed by atoms with van der Waals surface area (Å²) in [6, 6.07) is 11.2. The summed E-state index contributed by atoms with van der Waals surface area (Å²) in [4.78, 5) is 39.8. The van der Waals surface area contributed by atoms with Crippen LogP contribution in [0.4, 0.5) is 5.69 Å². The molecule has 0 atom stereocenters. The molecule has 162 valence electrons. The van der Waals surface area contributed by atoms with Crippen molar-refractivity contribution in [2.24, 2.45) is 0 Å². The molecule has 2 aromatic rings. The van der Waals surface area contributed by atoms with Crippen molar-refractivity contribution in [3.8, 4) is 0 Å². The van der Waals surface area contributed by atoms with E-state index in [4.69, 9.17) is 11.6 Å². The highest BCUT2D eigenvalue weighted by molar-refractivity contribution is 9.10. The summed E-state index contributed by atoms with van der Waals surface area (Å²) >= 11 is 11.3. The van der Waals surface area contributed by atoms with E-state index in [1.165, 1.54) is 18.2 Å². The van der Waals surface area contributed by atoms with Crippen LogP contribution in [0.25, 0.3) is 0 Å². The molecule has 0 N–H and O–H groups in total. The van der Waals surface area contributed by atoms with Crippen LogP contribution in [0, 0.1) is 10.1 Å². The number of hydrogen-bond acceptors (Lipinski definition) is 5. The number of rotatable bonds is 3. The molecule has 0 bridgehead atoms. The molecular weight excluding hydrogens is 506 g/mol. The van der Waals surface area contributed by atoms with Gasteiger partial charge in [0.25, 0.3) is 17.5 Å². The molecule has 2 fully saturated rings. The summed E-state index contributed by atoms with van der Waals surface area (Å²) in [6.45, 7) is 1.66. The Bertz CT molecular complexity index is 1040. The van der Waals surface area contributed by atoms with E-state index in [2.05, 4.69) is 15.9 Å². The number of thioether (sulfide) groups is 1. The van der Waals surface area contributed by atoms with E-state index in [0.717, 1.165) is 10.2 Å². The van der Waals surface area contributed by atoms with Crippen molar-refractivity contribution < 1.29 is 14.5 Å². The van der Waals surface area contributed by atoms with E-state index in [1.54, 1.807) is 16.7 Å². The van der Waals surface area contributed by atoms with Crippen LogP contribution in [0.1, 0.15) is 33.6 Å². The lowest BCUT2D eigenvalue weighted by Gasteiger charge is -2.44. The van der Waals surface area contributed by atoms with Crippen LogP contribution >= 0.6 is 39.3 Å². The number of amides is 2. The van der Waals surface area contributed by atoms with Gasteiger partial charge < -0.3 is 9.80 Å². The topological polar surface area (TPSA) is 83.8 Å². The first-order valence-electron chi connectivity index (χ1n) is 9.75. The van der Waals surface area contributed by atoms with Gasteiger partial charge in [-0.1, -0.05) is 27.5 Å². The first kappa shape index (κ1) is 22.1. The highest BCUT2D eigenvalue weighted by atomic mass is 79.9. The molecule has 1 spiro atoms. The zero-order chi connectivity index (χ0) is 22.2. The molecule has 0 saturated carbocycles. The van der Waals surface area contributed by atoms with Crippen LogP contribution < -0.4 is 0 Å². The SMILES string of the molecule is O=C(c1ccc([N+](=O)[O-])cc1Cl)N1CCC2(CC1)SCCN2C(=O)c1ccc(Br)cc1. The predicted molar refractivity (Wildman–Crippen MR) is 124 cm³/mol. The summed E-state index contributed by atoms with van der Waals surface area (Å²) < 4.78 is 0.922. The summed E-state index contributed by atoms with van der Waals surface area (Å²) in [5.74, 6) is 0.629. The van der Waals surface area contributed by atoms with Crippen molar-refractivity contribution in [3.63, 3.8) is 0 Å². The van der Waals surface area contributed by atoms with Gasteiger partial charge in [0.15, 0.2) is 0 Å². The second kappa shape index (κ2) is 8.80. The average Bonchev–Trinajstić information content (AvgIpc) is 3.16. The molecule has 2 heterocycles. The van der Waals surface area contributed by atoms with Gasteiger partial charge in [-0.15, -0.1) is 11.8 Å². The monoisotopic (exact) mass is 523 g/mol. The molecule has 2 amide bonds. The van der Waals surface area contributed by atoms with Gasteiger partial charge in [-0.3, -0.25) is 19.7 Å². The van der Waals surface area contributed by atoms with Gasteiger partial charge in [-0.25, -0.2) is 0 Å². The van der Waals surface area contributed by atoms with E-state index in [-0.39, 0.29) is 33.0 Å². The third-order valence-corrected chi connectivity index (χ3v) is 8.13. The summed E-state index contributed by atoms with van der Waals surface area (Å²) in [7, 11) is 0. The van der Waals surface area contributed by atoms with Gasteiger partial charge in [0.1, 0.15) is 0 Å². The highest BCUT2D eigenvalue weighted by Gasteiger charge is 2.47. The molecule has 0 aromatic heterocycles. The maximum atomic E-state index is 13.1. The summed E-state index contributed by atoms with van der Waals surface area (Å²) in [5, 5.41) is 11.0. The second-order valence-corrected chi connectivity index (χ2v) is 10.3. The zero-order valence-electron chi connectivity index (χ0n) is 16.4. The van der Waals surface area contributed by atoms with Crippen LogP contribution in [0.3, 0.4) is 0 Å². The Hall–Kier alpha value is -2.10. The number of piperidine rings is 1. The molecule has 31 heavy (non-hydrogen) atoms. The number of likely N-dealkylation sites (tertiary alicyclic amines) is 1. The molecule has 2 aromatic carbocycles. The molecule has 2 aliphatic rings. The average molecular weight is 525 g/mol. The van der Waals surface area contributed by atoms with E-state index in [1.807, 2.05) is 29.2 Å². The fraction of sp³-hybridized carbons (Fsp3) is 0.333. The quantitative estimate of drug-likeness (QED) is 0.424. The first-order valence-corrected chi connectivity index (χ1v) is 11.9. The van der Waals surface area contributed by atoms with Crippen molar-refractivity contribution in [2.75, 3.05) is 25.4 Å². The summed E-state index contributed by atoms with van der Waals surface area (Å²) in [6.07, 6.45) is 1.33. The van der Waals surface area contributed by atoms with Crippen LogP contribution in [0.15, 0.2) is 46.9 Å². The minimum atomic E-state index is -0.543. The fourth-order valence-electron chi connectivity index (χ4n) is 4.08. The van der Waals surface area contributed by atoms with Crippen LogP contribution in [-0.2, 0) is 0 Å². The molecular formula is C21H19BrClN3O4S. The minimum Gasteiger partial charge on any atom is -0.338 e. The van der Waals surface area contributed by atoms with Gasteiger partial charge >= 0.3 is 0 Å². The molecule has 0 radical (unpaired) electrons. The lowest BCUT2D eigenvalue weighted by Crippen LogP contribution is -2.53. The van der Waals surface area contributed by atoms with E-state index < -0.39 is 4.92 Å². The zero-order valence-corrected chi connectivity index (χ0v) is 19.6. The Morgan fingerprint density at radius 1 is 1.06 bits per heavy atom. The third kappa shape index (κ3) is 4.31. The number of non-ortho nitro benzene ring substituents is 1. The fourth-order valence-corrected chi connectivity index (χ4v) is 6.05. The van der Waals surface area contributed by atoms with E-state index in [9.17, 15) is 19.7 Å². The smallest absolute Gasteiger partial charge is 0.270 e. The standard InChI is InChI=1S/C21H19BrClN3O4S/c22-15-3-1-14(2-4-15)19(27)25-11-12-31-21(25)7-9-24(10-8-21)20(28)17-6-5-16(26(29)30)13-18(17)23/h1-6,13H,7-12H2. The van der Waals surface area contributed by atoms with Crippen molar-refractivity contribution in [3.05, 3.63) is 73.2 Å². The Kier molecular flexibility index (Phi) is 6.27. The van der Waals surface area contributed by atoms with Gasteiger partial charge in [-0.05, 0) is 43.2 Å². The number of nitrogens with zero attached hydrogens (tertiary/aromatic N) is 3. The number of hydrogen-bond donors (Lipinski definition) is 0. The Morgan fingerprint density at radius 2 is 1.74 bits per heavy atom. The lowest BCUT2D eigenvalue weighted by molar-refractivity contribution is -0.384. The van der Waals surface area contributed by atoms with E-state index in [0.29, 0.717) is 38.0 Å². The van der Waals surface area contributed by atoms with Crippen molar-refractivity contribution in [1.29, 1.82) is 0 Å². The van der Waals surface area contributed by atoms with E-state index >= 15 is 0 Å². The third-order valence-electron chi connectivity index (χ3n) is 5.74. The Balaban J connectivity index is 1.47. The van der Waals surface area contributed by atoms with Crippen molar-refractivity contribution in [1.82, 2.24) is 9.80 Å². The lowest BCUT2D eigenvalue weighted by atomic mass is 10.00. The largest absolute Gasteiger partial charge is 0.338 e. The molecule has 0 aliphatic carbocycles. The maximum Gasteiger partial charge on any atom is 0.270 e. The highest BCUT2D eigenvalue weighted by Crippen LogP contribution is 2.45. The minimum absolute atomic E-state index is 0.00990. The van der Waals surface area contributed by atoms with Gasteiger partial charge in [-0.2, -0.15) is 0 Å². The normalized spacial score (nSPS) is 17.7. The number of nitro benzene ring substituents is 1. The molecule has 0 unspecified atom stereocenters. The molecule has 7 nitrogen and oxygen atoms in total. The number of carbonyl (C=O) groups is 2. The number of halogens is 2. The predicted octanol–water partition coefficient (Wildman–Crippen LogP) is 4.83. The summed E-state index contributed by atoms with van der Waals surface area (Å²) in [5.41, 5.74) is 0.759. The van der Waals surface area contributed by atoms with Crippen LogP contribution in [-0.4, -0.2) is 56.8 Å². The Morgan fingerprint density at radius 3 is 2.35 bits per heavy atom. The molecule has 10 heteroatoms. The number of benzene rings is 2. The maximum absolute atomic E-state index is 13.1. The van der Waals surface area contributed by atoms with Gasteiger partial charge in [0.05, 0.1) is 20.4 Å². The van der Waals surface area contributed by atoms with Crippen molar-refractivity contribution in [2.45, 2.75) is 17.7 Å². The molecule has 4 rings (SSSR count). The first-order chi connectivity index (χ1) is 14.8.